The number of halogens is 1. The second kappa shape index (κ2) is 10.2. The van der Waals surface area contributed by atoms with E-state index in [2.05, 4.69) is 5.32 Å². The Labute approximate surface area is 196 Å². The van der Waals surface area contributed by atoms with Crippen LogP contribution in [0.5, 0.6) is 0 Å². The minimum atomic E-state index is -0.181. The number of ether oxygens (including phenoxy) is 1. The molecule has 3 aromatic rings. The Morgan fingerprint density at radius 2 is 1.84 bits per heavy atom. The van der Waals surface area contributed by atoms with Crippen LogP contribution in [0.15, 0.2) is 72.8 Å². The number of carbonyl (C=O) groups excluding carboxylic acids is 2. The van der Waals surface area contributed by atoms with Crippen molar-refractivity contribution in [2.75, 3.05) is 18.2 Å². The number of amides is 2. The molecule has 1 N–H and O–H groups in total. The number of thioether (sulfide) groups is 1. The average Bonchev–Trinajstić information content (AvgIpc) is 3.16. The molecule has 1 atom stereocenters. The first-order chi connectivity index (χ1) is 15.5. The smallest absolute Gasteiger partial charge is 0.255 e. The van der Waals surface area contributed by atoms with Crippen LogP contribution in [0.2, 0.25) is 5.02 Å². The van der Waals surface area contributed by atoms with Crippen LogP contribution >= 0.6 is 23.4 Å². The minimum absolute atomic E-state index is 0.0824. The molecule has 1 aliphatic heterocycles. The van der Waals surface area contributed by atoms with E-state index in [1.165, 1.54) is 0 Å². The Bertz CT molecular complexity index is 1100. The van der Waals surface area contributed by atoms with E-state index < -0.39 is 0 Å². The predicted octanol–water partition coefficient (Wildman–Crippen LogP) is 5.51. The van der Waals surface area contributed by atoms with Gasteiger partial charge in [-0.15, -0.1) is 11.8 Å². The van der Waals surface area contributed by atoms with Gasteiger partial charge in [-0.25, -0.2) is 0 Å². The summed E-state index contributed by atoms with van der Waals surface area (Å²) >= 11 is 7.57. The summed E-state index contributed by atoms with van der Waals surface area (Å²) in [6, 6.07) is 22.5. The standard InChI is InChI=1S/C25H23ClN2O3S/c1-31-15-18-3-2-4-22(13-18)27-24(30)19-7-9-20(10-8-19)25-28(23(29)16-32-25)14-17-5-11-21(26)12-6-17/h2-13,25H,14-16H2,1H3,(H,27,30). The molecule has 164 valence electrons. The molecule has 7 heteroatoms. The Morgan fingerprint density at radius 1 is 1.09 bits per heavy atom. The lowest BCUT2D eigenvalue weighted by Gasteiger charge is -2.24. The van der Waals surface area contributed by atoms with Crippen LogP contribution < -0.4 is 5.32 Å². The largest absolute Gasteiger partial charge is 0.380 e. The third-order valence-electron chi connectivity index (χ3n) is 5.19. The summed E-state index contributed by atoms with van der Waals surface area (Å²) in [5, 5.41) is 3.51. The van der Waals surface area contributed by atoms with Gasteiger partial charge in [0.1, 0.15) is 5.37 Å². The molecule has 1 fully saturated rings. The molecule has 1 saturated heterocycles. The van der Waals surface area contributed by atoms with Crippen LogP contribution in [0.4, 0.5) is 5.69 Å². The lowest BCUT2D eigenvalue weighted by molar-refractivity contribution is -0.128. The highest BCUT2D eigenvalue weighted by atomic mass is 35.5. The van der Waals surface area contributed by atoms with Gasteiger partial charge in [-0.1, -0.05) is 48.0 Å². The van der Waals surface area contributed by atoms with Gasteiger partial charge in [0.2, 0.25) is 5.91 Å². The summed E-state index contributed by atoms with van der Waals surface area (Å²) in [5.74, 6) is 0.366. The average molecular weight is 467 g/mol. The van der Waals surface area contributed by atoms with Gasteiger partial charge in [0.05, 0.1) is 12.4 Å². The van der Waals surface area contributed by atoms with Crippen LogP contribution in [-0.2, 0) is 22.7 Å². The topological polar surface area (TPSA) is 58.6 Å². The second-order valence-electron chi connectivity index (χ2n) is 7.52. The monoisotopic (exact) mass is 466 g/mol. The number of nitrogens with one attached hydrogen (secondary N) is 1. The normalized spacial score (nSPS) is 15.8. The SMILES string of the molecule is COCc1cccc(NC(=O)c2ccc(C3SCC(=O)N3Cc3ccc(Cl)cc3)cc2)c1. The molecule has 0 bridgehead atoms. The van der Waals surface area contributed by atoms with Crippen molar-refractivity contribution in [2.24, 2.45) is 0 Å². The number of benzene rings is 3. The maximum absolute atomic E-state index is 12.7. The van der Waals surface area contributed by atoms with Crippen LogP contribution in [0.25, 0.3) is 0 Å². The van der Waals surface area contributed by atoms with Crippen LogP contribution in [0, 0.1) is 0 Å². The Balaban J connectivity index is 1.45. The molecule has 3 aromatic carbocycles. The van der Waals surface area contributed by atoms with E-state index in [-0.39, 0.29) is 17.2 Å². The lowest BCUT2D eigenvalue weighted by atomic mass is 10.1. The number of methoxy groups -OCH3 is 1. The number of nitrogens with zero attached hydrogens (tertiary/aromatic N) is 1. The zero-order chi connectivity index (χ0) is 22.5. The molecule has 0 radical (unpaired) electrons. The predicted molar refractivity (Wildman–Crippen MR) is 129 cm³/mol. The van der Waals surface area contributed by atoms with Crippen molar-refractivity contribution in [2.45, 2.75) is 18.5 Å². The third kappa shape index (κ3) is 5.33. The Kier molecular flexibility index (Phi) is 7.15. The van der Waals surface area contributed by atoms with Gasteiger partial charge in [0.25, 0.3) is 5.91 Å². The number of hydrogen-bond donors (Lipinski definition) is 1. The molecular weight excluding hydrogens is 444 g/mol. The molecule has 0 spiro atoms. The van der Waals surface area contributed by atoms with Crippen molar-refractivity contribution in [1.82, 2.24) is 4.90 Å². The van der Waals surface area contributed by atoms with E-state index in [0.29, 0.717) is 29.5 Å². The number of anilines is 1. The van der Waals surface area contributed by atoms with Gasteiger partial charge in [0, 0.05) is 29.9 Å². The zero-order valence-corrected chi connectivity index (χ0v) is 19.2. The highest BCUT2D eigenvalue weighted by Gasteiger charge is 2.32. The molecule has 32 heavy (non-hydrogen) atoms. The number of rotatable bonds is 7. The molecule has 4 rings (SSSR count). The quantitative estimate of drug-likeness (QED) is 0.498. The maximum Gasteiger partial charge on any atom is 0.255 e. The van der Waals surface area contributed by atoms with Gasteiger partial charge >= 0.3 is 0 Å². The van der Waals surface area contributed by atoms with E-state index in [1.54, 1.807) is 31.0 Å². The zero-order valence-electron chi connectivity index (χ0n) is 17.6. The van der Waals surface area contributed by atoms with Crippen molar-refractivity contribution in [3.8, 4) is 0 Å². The summed E-state index contributed by atoms with van der Waals surface area (Å²) in [5.41, 5.74) is 4.30. The van der Waals surface area contributed by atoms with Crippen molar-refractivity contribution in [3.05, 3.63) is 100 Å². The van der Waals surface area contributed by atoms with Crippen molar-refractivity contribution < 1.29 is 14.3 Å². The molecule has 2 amide bonds. The van der Waals surface area contributed by atoms with E-state index >= 15 is 0 Å². The lowest BCUT2D eigenvalue weighted by Crippen LogP contribution is -2.27. The van der Waals surface area contributed by atoms with Gasteiger partial charge in [0.15, 0.2) is 0 Å². The Hall–Kier alpha value is -2.80. The first-order valence-electron chi connectivity index (χ1n) is 10.2. The molecule has 0 aliphatic carbocycles. The van der Waals surface area contributed by atoms with Gasteiger partial charge < -0.3 is 15.0 Å². The summed E-state index contributed by atoms with van der Waals surface area (Å²) < 4.78 is 5.14. The fourth-order valence-electron chi connectivity index (χ4n) is 3.60. The molecule has 0 aromatic heterocycles. The summed E-state index contributed by atoms with van der Waals surface area (Å²) in [4.78, 5) is 27.0. The van der Waals surface area contributed by atoms with E-state index in [4.69, 9.17) is 16.3 Å². The summed E-state index contributed by atoms with van der Waals surface area (Å²) in [6.07, 6.45) is 0. The van der Waals surface area contributed by atoms with Gasteiger partial charge in [-0.2, -0.15) is 0 Å². The van der Waals surface area contributed by atoms with Crippen molar-refractivity contribution in [1.29, 1.82) is 0 Å². The third-order valence-corrected chi connectivity index (χ3v) is 6.70. The first-order valence-corrected chi connectivity index (χ1v) is 11.6. The van der Waals surface area contributed by atoms with E-state index in [9.17, 15) is 9.59 Å². The van der Waals surface area contributed by atoms with Crippen LogP contribution in [0.3, 0.4) is 0 Å². The van der Waals surface area contributed by atoms with Gasteiger partial charge in [-0.05, 0) is 53.1 Å². The fraction of sp³-hybridized carbons (Fsp3) is 0.200. The van der Waals surface area contributed by atoms with Crippen molar-refractivity contribution >= 4 is 40.9 Å². The number of carbonyl (C=O) groups is 2. The highest BCUT2D eigenvalue weighted by Crippen LogP contribution is 2.39. The summed E-state index contributed by atoms with van der Waals surface area (Å²) in [7, 11) is 1.64. The van der Waals surface area contributed by atoms with E-state index in [1.807, 2.05) is 65.6 Å². The molecule has 1 unspecified atom stereocenters. The first kappa shape index (κ1) is 22.4. The number of hydrogen-bond acceptors (Lipinski definition) is 4. The molecule has 5 nitrogen and oxygen atoms in total. The fourth-order valence-corrected chi connectivity index (χ4v) is 4.91. The minimum Gasteiger partial charge on any atom is -0.380 e. The summed E-state index contributed by atoms with van der Waals surface area (Å²) in [6.45, 7) is 1.01. The van der Waals surface area contributed by atoms with Crippen LogP contribution in [-0.4, -0.2) is 29.6 Å². The molecule has 1 aliphatic rings. The highest BCUT2D eigenvalue weighted by molar-refractivity contribution is 8.00. The van der Waals surface area contributed by atoms with Crippen molar-refractivity contribution in [3.63, 3.8) is 0 Å². The molecular formula is C25H23ClN2O3S. The second-order valence-corrected chi connectivity index (χ2v) is 9.03. The maximum atomic E-state index is 12.7. The van der Waals surface area contributed by atoms with Crippen LogP contribution in [0.1, 0.15) is 32.4 Å². The Morgan fingerprint density at radius 3 is 2.56 bits per heavy atom. The molecule has 1 heterocycles. The molecule has 0 saturated carbocycles. The van der Waals surface area contributed by atoms with E-state index in [0.717, 1.165) is 22.4 Å². The van der Waals surface area contributed by atoms with Gasteiger partial charge in [-0.3, -0.25) is 9.59 Å².